The van der Waals surface area contributed by atoms with E-state index in [4.69, 9.17) is 18.9 Å². The fraction of sp³-hybridized carbons (Fsp3) is 0.542. The summed E-state index contributed by atoms with van der Waals surface area (Å²) >= 11 is 0. The van der Waals surface area contributed by atoms with Crippen molar-refractivity contribution in [2.24, 2.45) is 0 Å². The Kier molecular flexibility index (Phi) is 9.28. The topological polar surface area (TPSA) is 96.3 Å². The predicted molar refractivity (Wildman–Crippen MR) is 123 cm³/mol. The van der Waals surface area contributed by atoms with E-state index in [0.29, 0.717) is 17.7 Å². The molecule has 0 aliphatic carbocycles. The standard InChI is InChI=1S/C24H34N2O7/c1-24(2,3)33-22(28)9-7-8-21(27)31-16-32-23(29)26-15-17(12-13-25(4)5)19-14-18(30-6)10-11-20(19)26/h10-11,14-15H,7-9,12-13,16H2,1-6H3. The zero-order chi connectivity index (χ0) is 24.6. The number of esters is 2. The number of methoxy groups -OCH3 is 1. The second kappa shape index (κ2) is 11.7. The van der Waals surface area contributed by atoms with Gasteiger partial charge in [0.15, 0.2) is 0 Å². The molecule has 0 aliphatic rings. The van der Waals surface area contributed by atoms with Crippen LogP contribution in [-0.4, -0.2) is 67.6 Å². The molecule has 0 fully saturated rings. The van der Waals surface area contributed by atoms with Crippen LogP contribution in [0.25, 0.3) is 10.9 Å². The molecule has 33 heavy (non-hydrogen) atoms. The Balaban J connectivity index is 1.91. The van der Waals surface area contributed by atoms with E-state index in [1.54, 1.807) is 46.2 Å². The monoisotopic (exact) mass is 462 g/mol. The van der Waals surface area contributed by atoms with Crippen molar-refractivity contribution in [3.63, 3.8) is 0 Å². The third-order valence-electron chi connectivity index (χ3n) is 4.70. The molecule has 0 spiro atoms. The van der Waals surface area contributed by atoms with Crippen molar-refractivity contribution in [2.45, 2.75) is 52.1 Å². The van der Waals surface area contributed by atoms with E-state index in [1.807, 2.05) is 20.2 Å². The first-order valence-corrected chi connectivity index (χ1v) is 10.9. The molecule has 0 bridgehead atoms. The molecule has 0 aliphatic heterocycles. The van der Waals surface area contributed by atoms with Gasteiger partial charge in [0.05, 0.1) is 12.6 Å². The minimum absolute atomic E-state index is 0.0255. The van der Waals surface area contributed by atoms with E-state index in [0.717, 1.165) is 23.9 Å². The van der Waals surface area contributed by atoms with Gasteiger partial charge in [-0.05, 0) is 71.5 Å². The maximum Gasteiger partial charge on any atom is 0.421 e. The van der Waals surface area contributed by atoms with Crippen molar-refractivity contribution in [1.29, 1.82) is 0 Å². The van der Waals surface area contributed by atoms with Crippen LogP contribution in [0.5, 0.6) is 5.75 Å². The van der Waals surface area contributed by atoms with Gasteiger partial charge < -0.3 is 23.8 Å². The van der Waals surface area contributed by atoms with Crippen LogP contribution in [-0.2, 0) is 30.2 Å². The molecule has 1 aromatic carbocycles. The summed E-state index contributed by atoms with van der Waals surface area (Å²) in [7, 11) is 5.56. The van der Waals surface area contributed by atoms with Crippen LogP contribution < -0.4 is 4.74 Å². The van der Waals surface area contributed by atoms with Gasteiger partial charge in [0.25, 0.3) is 0 Å². The van der Waals surface area contributed by atoms with E-state index >= 15 is 0 Å². The minimum atomic E-state index is -0.650. The third kappa shape index (κ3) is 8.42. The molecule has 0 N–H and O–H groups in total. The number of nitrogens with zero attached hydrogens (tertiary/aromatic N) is 2. The van der Waals surface area contributed by atoms with Crippen LogP contribution in [0.2, 0.25) is 0 Å². The Morgan fingerprint density at radius 3 is 2.36 bits per heavy atom. The van der Waals surface area contributed by atoms with E-state index < -0.39 is 24.5 Å². The molecule has 0 amide bonds. The number of likely N-dealkylation sites (N-methyl/N-ethyl adjacent to an activating group) is 1. The first-order chi connectivity index (χ1) is 15.5. The number of fused-ring (bicyclic) bond motifs is 1. The summed E-state index contributed by atoms with van der Waals surface area (Å²) in [4.78, 5) is 38.2. The number of aromatic nitrogens is 1. The Labute approximate surface area is 194 Å². The molecule has 182 valence electrons. The SMILES string of the molecule is COc1ccc2c(c1)c(CCN(C)C)cn2C(=O)OCOC(=O)CCCC(=O)OC(C)(C)C. The van der Waals surface area contributed by atoms with Crippen molar-refractivity contribution in [3.8, 4) is 5.75 Å². The van der Waals surface area contributed by atoms with E-state index in [1.165, 1.54) is 4.57 Å². The molecule has 0 unspecified atom stereocenters. The molecule has 0 saturated carbocycles. The van der Waals surface area contributed by atoms with Crippen molar-refractivity contribution in [2.75, 3.05) is 34.5 Å². The molecular weight excluding hydrogens is 428 g/mol. The van der Waals surface area contributed by atoms with Crippen LogP contribution in [0.3, 0.4) is 0 Å². The third-order valence-corrected chi connectivity index (χ3v) is 4.70. The van der Waals surface area contributed by atoms with Gasteiger partial charge in [0, 0.05) is 31.0 Å². The molecule has 1 heterocycles. The molecular formula is C24H34N2O7. The van der Waals surface area contributed by atoms with Gasteiger partial charge in [-0.3, -0.25) is 14.2 Å². The van der Waals surface area contributed by atoms with Crippen LogP contribution in [0.1, 0.15) is 45.6 Å². The lowest BCUT2D eigenvalue weighted by Gasteiger charge is -2.19. The average Bonchev–Trinajstić information content (AvgIpc) is 3.08. The zero-order valence-corrected chi connectivity index (χ0v) is 20.3. The van der Waals surface area contributed by atoms with Crippen molar-refractivity contribution < 1.29 is 33.3 Å². The molecule has 1 aromatic heterocycles. The van der Waals surface area contributed by atoms with Gasteiger partial charge in [-0.2, -0.15) is 0 Å². The smallest absolute Gasteiger partial charge is 0.421 e. The lowest BCUT2D eigenvalue weighted by Crippen LogP contribution is -2.23. The number of rotatable bonds is 10. The maximum atomic E-state index is 12.6. The second-order valence-corrected chi connectivity index (χ2v) is 8.95. The lowest BCUT2D eigenvalue weighted by molar-refractivity contribution is -0.155. The highest BCUT2D eigenvalue weighted by atomic mass is 16.7. The fourth-order valence-electron chi connectivity index (χ4n) is 3.16. The Morgan fingerprint density at radius 2 is 1.73 bits per heavy atom. The molecule has 2 rings (SSSR count). The first-order valence-electron chi connectivity index (χ1n) is 10.9. The highest BCUT2D eigenvalue weighted by Gasteiger charge is 2.18. The van der Waals surface area contributed by atoms with Crippen molar-refractivity contribution in [1.82, 2.24) is 9.47 Å². The number of carbonyl (C=O) groups excluding carboxylic acids is 3. The zero-order valence-electron chi connectivity index (χ0n) is 20.3. The van der Waals surface area contributed by atoms with Crippen LogP contribution >= 0.6 is 0 Å². The quantitative estimate of drug-likeness (QED) is 0.389. The largest absolute Gasteiger partial charge is 0.497 e. The molecule has 0 radical (unpaired) electrons. The normalized spacial score (nSPS) is 11.5. The van der Waals surface area contributed by atoms with Gasteiger partial charge in [-0.25, -0.2) is 4.79 Å². The van der Waals surface area contributed by atoms with Gasteiger partial charge in [-0.1, -0.05) is 0 Å². The summed E-state index contributed by atoms with van der Waals surface area (Å²) in [6.45, 7) is 5.65. The van der Waals surface area contributed by atoms with Gasteiger partial charge >= 0.3 is 18.0 Å². The van der Waals surface area contributed by atoms with Crippen molar-refractivity contribution >= 4 is 28.9 Å². The number of hydrogen-bond donors (Lipinski definition) is 0. The fourth-order valence-corrected chi connectivity index (χ4v) is 3.16. The van der Waals surface area contributed by atoms with Crippen LogP contribution in [0.15, 0.2) is 24.4 Å². The molecule has 2 aromatic rings. The summed E-state index contributed by atoms with van der Waals surface area (Å²) in [5, 5.41) is 0.896. The lowest BCUT2D eigenvalue weighted by atomic mass is 10.1. The predicted octanol–water partition coefficient (Wildman–Crippen LogP) is 3.75. The van der Waals surface area contributed by atoms with E-state index in [-0.39, 0.29) is 18.8 Å². The van der Waals surface area contributed by atoms with E-state index in [9.17, 15) is 14.4 Å². The van der Waals surface area contributed by atoms with Crippen LogP contribution in [0.4, 0.5) is 4.79 Å². The minimum Gasteiger partial charge on any atom is -0.497 e. The summed E-state index contributed by atoms with van der Waals surface area (Å²) in [5.74, 6) is -0.233. The highest BCUT2D eigenvalue weighted by Crippen LogP contribution is 2.27. The maximum absolute atomic E-state index is 12.6. The highest BCUT2D eigenvalue weighted by molar-refractivity contribution is 5.92. The second-order valence-electron chi connectivity index (χ2n) is 8.95. The Bertz CT molecular complexity index is 973. The summed E-state index contributed by atoms with van der Waals surface area (Å²) in [5.41, 5.74) is 1.10. The molecule has 9 heteroatoms. The average molecular weight is 463 g/mol. The first kappa shape index (κ1) is 26.2. The number of hydrogen-bond acceptors (Lipinski definition) is 8. The van der Waals surface area contributed by atoms with E-state index in [2.05, 4.69) is 4.90 Å². The summed E-state index contributed by atoms with van der Waals surface area (Å²) in [6.07, 6.45) is 2.25. The number of carbonyl (C=O) groups is 3. The molecule has 0 saturated heterocycles. The van der Waals surface area contributed by atoms with Gasteiger partial charge in [0.2, 0.25) is 6.79 Å². The van der Waals surface area contributed by atoms with Crippen LogP contribution in [0, 0.1) is 0 Å². The van der Waals surface area contributed by atoms with Gasteiger partial charge in [-0.15, -0.1) is 0 Å². The number of ether oxygens (including phenoxy) is 4. The molecule has 9 nitrogen and oxygen atoms in total. The summed E-state index contributed by atoms with van der Waals surface area (Å²) < 4.78 is 22.0. The molecule has 0 atom stereocenters. The van der Waals surface area contributed by atoms with Crippen molar-refractivity contribution in [3.05, 3.63) is 30.0 Å². The number of benzene rings is 1. The Morgan fingerprint density at radius 1 is 1.03 bits per heavy atom. The Hall–Kier alpha value is -3.07. The summed E-state index contributed by atoms with van der Waals surface area (Å²) in [6, 6.07) is 5.44. The van der Waals surface area contributed by atoms with Gasteiger partial charge in [0.1, 0.15) is 11.4 Å².